The van der Waals surface area contributed by atoms with Crippen LogP contribution >= 0.6 is 11.3 Å². The first-order valence-corrected chi connectivity index (χ1v) is 11.2. The highest BCUT2D eigenvalue weighted by Gasteiger charge is 2.57. The van der Waals surface area contributed by atoms with Gasteiger partial charge in [0.05, 0.1) is 34.4 Å². The summed E-state index contributed by atoms with van der Waals surface area (Å²) in [5.74, 6) is -1.53. The van der Waals surface area contributed by atoms with Crippen LogP contribution in [0.5, 0.6) is 0 Å². The number of aromatic nitrogens is 2. The molecule has 4 heterocycles. The first kappa shape index (κ1) is 21.3. The van der Waals surface area contributed by atoms with Gasteiger partial charge in [-0.05, 0) is 38.0 Å². The number of aliphatic hydroxyl groups excluding tert-OH is 1. The fourth-order valence-corrected chi connectivity index (χ4v) is 5.51. The third kappa shape index (κ3) is 3.31. The highest BCUT2D eigenvalue weighted by Crippen LogP contribution is 2.48. The van der Waals surface area contributed by atoms with E-state index in [2.05, 4.69) is 4.98 Å². The van der Waals surface area contributed by atoms with Crippen LogP contribution in [0.15, 0.2) is 41.7 Å². The van der Waals surface area contributed by atoms with Gasteiger partial charge in [0.1, 0.15) is 23.5 Å². The molecule has 0 unspecified atom stereocenters. The lowest BCUT2D eigenvalue weighted by atomic mass is 9.83. The normalized spacial score (nSPS) is 20.7. The molecular formula is C22H20N4O6S. The van der Waals surface area contributed by atoms with Crippen molar-refractivity contribution in [1.29, 1.82) is 0 Å². The average molecular weight is 468 g/mol. The number of benzene rings is 1. The van der Waals surface area contributed by atoms with Gasteiger partial charge in [0.25, 0.3) is 5.69 Å². The summed E-state index contributed by atoms with van der Waals surface area (Å²) in [6.07, 6.45) is 1.28. The predicted octanol–water partition coefficient (Wildman–Crippen LogP) is 2.68. The molecule has 2 aliphatic heterocycles. The fourth-order valence-electron chi connectivity index (χ4n) is 4.54. The van der Waals surface area contributed by atoms with E-state index in [1.807, 2.05) is 16.7 Å². The van der Waals surface area contributed by atoms with E-state index < -0.39 is 22.9 Å². The molecule has 1 N–H and O–H groups in total. The molecule has 1 aromatic carbocycles. The van der Waals surface area contributed by atoms with Crippen LogP contribution < -0.4 is 0 Å². The minimum Gasteiger partial charge on any atom is -0.456 e. The minimum absolute atomic E-state index is 0.0545. The molecule has 2 aromatic heterocycles. The van der Waals surface area contributed by atoms with E-state index in [0.717, 1.165) is 16.2 Å². The Hall–Kier alpha value is -3.57. The van der Waals surface area contributed by atoms with Gasteiger partial charge in [-0.15, -0.1) is 11.3 Å². The number of non-ortho nitro benzene ring substituents is 1. The fraction of sp³-hybridized carbons (Fsp3) is 0.318. The second-order valence-electron chi connectivity index (χ2n) is 8.20. The molecule has 1 fully saturated rings. The minimum atomic E-state index is -0.825. The molecule has 170 valence electrons. The molecule has 10 nitrogen and oxygen atoms in total. The number of thiazole rings is 1. The maximum absolute atomic E-state index is 13.2. The van der Waals surface area contributed by atoms with Crippen LogP contribution in [0.3, 0.4) is 0 Å². The van der Waals surface area contributed by atoms with Crippen molar-refractivity contribution in [3.8, 4) is 0 Å². The van der Waals surface area contributed by atoms with Gasteiger partial charge in [0.15, 0.2) is 0 Å². The lowest BCUT2D eigenvalue weighted by molar-refractivity contribution is -0.384. The first-order valence-electron chi connectivity index (χ1n) is 10.3. The molecule has 5 rings (SSSR count). The Kier molecular flexibility index (Phi) is 5.02. The largest absolute Gasteiger partial charge is 0.456 e. The summed E-state index contributed by atoms with van der Waals surface area (Å²) in [7, 11) is 0. The summed E-state index contributed by atoms with van der Waals surface area (Å²) in [5, 5.41) is 22.8. The van der Waals surface area contributed by atoms with Gasteiger partial charge in [-0.3, -0.25) is 19.3 Å². The first-order chi connectivity index (χ1) is 15.8. The molecule has 0 spiro atoms. The average Bonchev–Trinajstić information content (AvgIpc) is 3.45. The van der Waals surface area contributed by atoms with Gasteiger partial charge in [0.2, 0.25) is 5.91 Å². The van der Waals surface area contributed by atoms with Crippen LogP contribution in [0.4, 0.5) is 5.69 Å². The quantitative estimate of drug-likeness (QED) is 0.255. The number of ether oxygens (including phenoxy) is 1. The van der Waals surface area contributed by atoms with Crippen LogP contribution in [-0.2, 0) is 20.9 Å². The second kappa shape index (κ2) is 7.78. The lowest BCUT2D eigenvalue weighted by Crippen LogP contribution is -2.61. The number of hydrogen-bond acceptors (Lipinski definition) is 8. The SMILES string of the molecule is Cc1ncn2c(C3=C(C(=O)OCc4ccc([N+](=O)[O-])cc4)N4C(=O)[C@H]([C@@H](C)O)[C@H]4C3)csc12. The highest BCUT2D eigenvalue weighted by atomic mass is 32.1. The van der Waals surface area contributed by atoms with Gasteiger partial charge in [0, 0.05) is 23.1 Å². The Morgan fingerprint density at radius 1 is 1.39 bits per heavy atom. The number of rotatable bonds is 6. The number of nitro benzene ring substituents is 1. The van der Waals surface area contributed by atoms with Crippen LogP contribution in [0.2, 0.25) is 0 Å². The van der Waals surface area contributed by atoms with Gasteiger partial charge in [-0.1, -0.05) is 0 Å². The third-order valence-corrected chi connectivity index (χ3v) is 7.24. The Morgan fingerprint density at radius 3 is 2.79 bits per heavy atom. The molecule has 0 radical (unpaired) electrons. The monoisotopic (exact) mass is 468 g/mol. The molecule has 0 saturated carbocycles. The van der Waals surface area contributed by atoms with E-state index in [1.54, 1.807) is 13.3 Å². The van der Waals surface area contributed by atoms with Crippen molar-refractivity contribution in [3.05, 3.63) is 68.7 Å². The molecule has 0 aliphatic carbocycles. The van der Waals surface area contributed by atoms with Crippen LogP contribution in [0.1, 0.15) is 30.3 Å². The number of fused-ring (bicyclic) bond motifs is 2. The van der Waals surface area contributed by atoms with Gasteiger partial charge < -0.3 is 14.7 Å². The highest BCUT2D eigenvalue weighted by molar-refractivity contribution is 7.15. The number of aliphatic hydroxyl groups is 1. The van der Waals surface area contributed by atoms with E-state index in [9.17, 15) is 24.8 Å². The summed E-state index contributed by atoms with van der Waals surface area (Å²) in [4.78, 5) is 43.0. The lowest BCUT2D eigenvalue weighted by Gasteiger charge is -2.44. The van der Waals surface area contributed by atoms with Crippen molar-refractivity contribution in [3.63, 3.8) is 0 Å². The summed E-state index contributed by atoms with van der Waals surface area (Å²) in [5.41, 5.74) is 3.02. The third-order valence-electron chi connectivity index (χ3n) is 6.19. The second-order valence-corrected chi connectivity index (χ2v) is 9.06. The summed E-state index contributed by atoms with van der Waals surface area (Å²) in [6.45, 7) is 3.38. The predicted molar refractivity (Wildman–Crippen MR) is 118 cm³/mol. The van der Waals surface area contributed by atoms with Crippen molar-refractivity contribution in [2.45, 2.75) is 39.0 Å². The number of carbonyl (C=O) groups excluding carboxylic acids is 2. The Morgan fingerprint density at radius 2 is 2.12 bits per heavy atom. The number of imidazole rings is 1. The van der Waals surface area contributed by atoms with Crippen molar-refractivity contribution in [1.82, 2.24) is 14.3 Å². The molecule has 1 saturated heterocycles. The number of nitrogens with zero attached hydrogens (tertiary/aromatic N) is 4. The number of carbonyl (C=O) groups is 2. The van der Waals surface area contributed by atoms with Crippen molar-refractivity contribution in [2.75, 3.05) is 0 Å². The summed E-state index contributed by atoms with van der Waals surface area (Å²) in [6, 6.07) is 5.42. The van der Waals surface area contributed by atoms with Crippen LogP contribution in [0, 0.1) is 23.0 Å². The van der Waals surface area contributed by atoms with Crippen molar-refractivity contribution < 1.29 is 24.4 Å². The molecule has 0 bridgehead atoms. The van der Waals surface area contributed by atoms with E-state index in [4.69, 9.17) is 4.74 Å². The molecule has 33 heavy (non-hydrogen) atoms. The van der Waals surface area contributed by atoms with Crippen LogP contribution in [0.25, 0.3) is 10.4 Å². The molecule has 11 heteroatoms. The topological polar surface area (TPSA) is 127 Å². The zero-order valence-electron chi connectivity index (χ0n) is 17.8. The van der Waals surface area contributed by atoms with E-state index in [-0.39, 0.29) is 29.9 Å². The van der Waals surface area contributed by atoms with Gasteiger partial charge in [-0.25, -0.2) is 9.78 Å². The Bertz CT molecular complexity index is 1320. The van der Waals surface area contributed by atoms with E-state index >= 15 is 0 Å². The Labute approximate surface area is 191 Å². The smallest absolute Gasteiger partial charge is 0.355 e. The maximum atomic E-state index is 13.2. The number of hydrogen-bond donors (Lipinski definition) is 1. The molecule has 2 aliphatic rings. The number of β-lactam (4-membered cyclic amide) rings is 1. The van der Waals surface area contributed by atoms with Gasteiger partial charge in [-0.2, -0.15) is 0 Å². The number of aryl methyl sites for hydroxylation is 1. The molecular weight excluding hydrogens is 448 g/mol. The standard InChI is InChI=1S/C22H20N4O6S/c1-11-21-24(10-23-11)17(9-33-21)15-7-16-18(12(2)27)20(28)25(16)19(15)22(29)32-8-13-3-5-14(6-4-13)26(30)31/h3-6,9-10,12,16,18,27H,7-8H2,1-2H3/t12-,16-,18-/m1/s1. The summed E-state index contributed by atoms with van der Waals surface area (Å²) >= 11 is 1.50. The van der Waals surface area contributed by atoms with E-state index in [1.165, 1.54) is 40.5 Å². The zero-order chi connectivity index (χ0) is 23.4. The molecule has 3 atom stereocenters. The number of amides is 1. The Balaban J connectivity index is 1.47. The van der Waals surface area contributed by atoms with Crippen molar-refractivity contribution in [2.24, 2.45) is 5.92 Å². The van der Waals surface area contributed by atoms with Crippen molar-refractivity contribution >= 4 is 39.3 Å². The van der Waals surface area contributed by atoms with Gasteiger partial charge >= 0.3 is 5.97 Å². The molecule has 3 aromatic rings. The summed E-state index contributed by atoms with van der Waals surface area (Å²) < 4.78 is 7.41. The zero-order valence-corrected chi connectivity index (χ0v) is 18.6. The number of nitro groups is 1. The van der Waals surface area contributed by atoms with Crippen LogP contribution in [-0.4, -0.2) is 48.3 Å². The maximum Gasteiger partial charge on any atom is 0.355 e. The number of esters is 1. The molecule has 1 amide bonds. The van der Waals surface area contributed by atoms with E-state index in [0.29, 0.717) is 17.6 Å².